The molecule has 3 aromatic carbocycles. The minimum atomic E-state index is -0.154. The molecule has 0 bridgehead atoms. The molecule has 2 heterocycles. The number of carbonyl (C=O) groups is 2. The van der Waals surface area contributed by atoms with Crippen molar-refractivity contribution >= 4 is 63.3 Å². The summed E-state index contributed by atoms with van der Waals surface area (Å²) in [7, 11) is 1.99. The maximum Gasteiger partial charge on any atom is 0.269 e. The highest BCUT2D eigenvalue weighted by Crippen LogP contribution is 2.50. The number of nitrogens with zero attached hydrogens (tertiary/aromatic N) is 3. The summed E-state index contributed by atoms with van der Waals surface area (Å²) in [6.07, 6.45) is 0. The summed E-state index contributed by atoms with van der Waals surface area (Å²) in [6, 6.07) is 23.6. The van der Waals surface area contributed by atoms with Gasteiger partial charge in [0.1, 0.15) is 4.91 Å². The zero-order valence-corrected chi connectivity index (χ0v) is 22.5. The molecule has 2 N–H and O–H groups in total. The standard InChI is InChI=1S/C28H27N5O2S2/c1-4-29-21-15-14-20(30-18(2)34)16-22(21)31-28-33(17-19-10-6-5-7-11-19)26(35)25(37-28)27-32(3)23-12-8-9-13-24(23)36-27/h5-16,29H,4,17H2,1-3H3,(H,30,34)/b27-25-,31-28?. The van der Waals surface area contributed by atoms with Crippen molar-refractivity contribution in [3.63, 3.8) is 0 Å². The average Bonchev–Trinajstić information content (AvgIpc) is 3.37. The summed E-state index contributed by atoms with van der Waals surface area (Å²) in [5.41, 5.74) is 4.24. The van der Waals surface area contributed by atoms with E-state index in [9.17, 15) is 9.59 Å². The van der Waals surface area contributed by atoms with Crippen molar-refractivity contribution in [3.8, 4) is 0 Å². The van der Waals surface area contributed by atoms with Crippen LogP contribution in [0.3, 0.4) is 0 Å². The van der Waals surface area contributed by atoms with E-state index in [2.05, 4.69) is 27.7 Å². The Morgan fingerprint density at radius 2 is 1.76 bits per heavy atom. The second-order valence-electron chi connectivity index (χ2n) is 8.58. The van der Waals surface area contributed by atoms with Gasteiger partial charge in [0.25, 0.3) is 5.91 Å². The highest BCUT2D eigenvalue weighted by Gasteiger charge is 2.39. The van der Waals surface area contributed by atoms with Crippen LogP contribution >= 0.6 is 23.5 Å². The Morgan fingerprint density at radius 3 is 2.49 bits per heavy atom. The lowest BCUT2D eigenvalue weighted by Crippen LogP contribution is -2.29. The molecule has 2 amide bonds. The molecule has 3 aromatic rings. The first-order valence-corrected chi connectivity index (χ1v) is 13.6. The van der Waals surface area contributed by atoms with Gasteiger partial charge in [0.2, 0.25) is 5.91 Å². The molecule has 0 atom stereocenters. The largest absolute Gasteiger partial charge is 0.384 e. The predicted octanol–water partition coefficient (Wildman–Crippen LogP) is 6.25. The smallest absolute Gasteiger partial charge is 0.269 e. The number of aliphatic imine (C=N–C) groups is 1. The van der Waals surface area contributed by atoms with Gasteiger partial charge in [-0.25, -0.2) is 4.99 Å². The van der Waals surface area contributed by atoms with Crippen molar-refractivity contribution < 1.29 is 9.59 Å². The van der Waals surface area contributed by atoms with Crippen molar-refractivity contribution in [1.82, 2.24) is 4.90 Å². The zero-order chi connectivity index (χ0) is 25.9. The van der Waals surface area contributed by atoms with Crippen LogP contribution in [0, 0.1) is 0 Å². The monoisotopic (exact) mass is 529 g/mol. The molecule has 0 saturated carbocycles. The molecule has 7 nitrogen and oxygen atoms in total. The molecule has 9 heteroatoms. The van der Waals surface area contributed by atoms with Gasteiger partial charge >= 0.3 is 0 Å². The number of nitrogens with one attached hydrogen (secondary N) is 2. The third kappa shape index (κ3) is 5.23. The molecular weight excluding hydrogens is 502 g/mol. The van der Waals surface area contributed by atoms with Crippen LogP contribution in [0.15, 0.2) is 92.6 Å². The molecule has 1 fully saturated rings. The van der Waals surface area contributed by atoms with E-state index in [1.807, 2.05) is 74.6 Å². The summed E-state index contributed by atoms with van der Waals surface area (Å²) in [6.45, 7) is 4.61. The number of amides is 2. The molecule has 0 unspecified atom stereocenters. The van der Waals surface area contributed by atoms with Crippen LogP contribution in [-0.4, -0.2) is 35.5 Å². The summed E-state index contributed by atoms with van der Waals surface area (Å²) >= 11 is 2.99. The molecule has 5 rings (SSSR count). The summed E-state index contributed by atoms with van der Waals surface area (Å²) in [5, 5.41) is 7.66. The second kappa shape index (κ2) is 10.7. The van der Waals surface area contributed by atoms with Crippen molar-refractivity contribution in [1.29, 1.82) is 0 Å². The fourth-order valence-electron chi connectivity index (χ4n) is 4.17. The number of anilines is 3. The van der Waals surface area contributed by atoms with Gasteiger partial charge in [-0.15, -0.1) is 0 Å². The lowest BCUT2D eigenvalue weighted by Gasteiger charge is -2.17. The van der Waals surface area contributed by atoms with E-state index >= 15 is 0 Å². The fourth-order valence-corrected chi connectivity index (χ4v) is 6.51. The van der Waals surface area contributed by atoms with E-state index in [1.54, 1.807) is 16.7 Å². The van der Waals surface area contributed by atoms with Gasteiger partial charge in [-0.2, -0.15) is 0 Å². The molecule has 0 aliphatic carbocycles. The summed E-state index contributed by atoms with van der Waals surface area (Å²) in [4.78, 5) is 36.1. The SMILES string of the molecule is CCNc1ccc(NC(C)=O)cc1N=C1S/C(=C2\Sc3ccccc3N2C)C(=O)N1Cc1ccccc1. The van der Waals surface area contributed by atoms with Gasteiger partial charge in [-0.1, -0.05) is 54.2 Å². The minimum Gasteiger partial charge on any atom is -0.384 e. The Kier molecular flexibility index (Phi) is 7.25. The number of thioether (sulfide) groups is 2. The van der Waals surface area contributed by atoms with Gasteiger partial charge < -0.3 is 15.5 Å². The van der Waals surface area contributed by atoms with Gasteiger partial charge in [0.15, 0.2) is 5.17 Å². The lowest BCUT2D eigenvalue weighted by molar-refractivity contribution is -0.122. The quantitative estimate of drug-likeness (QED) is 0.368. The predicted molar refractivity (Wildman–Crippen MR) is 154 cm³/mol. The van der Waals surface area contributed by atoms with Gasteiger partial charge in [0.05, 0.1) is 28.6 Å². The first kappa shape index (κ1) is 25.0. The highest BCUT2D eigenvalue weighted by atomic mass is 32.2. The Balaban J connectivity index is 1.58. The lowest BCUT2D eigenvalue weighted by atomic mass is 10.2. The summed E-state index contributed by atoms with van der Waals surface area (Å²) < 4.78 is 0. The van der Waals surface area contributed by atoms with Crippen molar-refractivity contribution in [3.05, 3.63) is 88.3 Å². The molecule has 1 saturated heterocycles. The first-order valence-electron chi connectivity index (χ1n) is 12.0. The van der Waals surface area contributed by atoms with E-state index in [4.69, 9.17) is 4.99 Å². The first-order chi connectivity index (χ1) is 17.9. The number of benzene rings is 3. The highest BCUT2D eigenvalue weighted by molar-refractivity contribution is 8.19. The Bertz CT molecular complexity index is 1420. The van der Waals surface area contributed by atoms with Crippen LogP contribution in [0.25, 0.3) is 0 Å². The number of rotatable bonds is 6. The normalized spacial score (nSPS) is 17.9. The number of hydrogen-bond donors (Lipinski definition) is 2. The number of fused-ring (bicyclic) bond motifs is 1. The molecule has 2 aliphatic heterocycles. The van der Waals surface area contributed by atoms with Crippen LogP contribution < -0.4 is 15.5 Å². The third-order valence-corrected chi connectivity index (χ3v) is 8.31. The number of carbonyl (C=O) groups excluding carboxylic acids is 2. The van der Waals surface area contributed by atoms with E-state index < -0.39 is 0 Å². The number of amidine groups is 1. The topological polar surface area (TPSA) is 77.0 Å². The molecule has 0 radical (unpaired) electrons. The van der Waals surface area contributed by atoms with Crippen LogP contribution in [0.2, 0.25) is 0 Å². The molecule has 0 spiro atoms. The maximum atomic E-state index is 13.9. The fraction of sp³-hybridized carbons (Fsp3) is 0.179. The van der Waals surface area contributed by atoms with Crippen molar-refractivity contribution in [2.24, 2.45) is 4.99 Å². The average molecular weight is 530 g/mol. The van der Waals surface area contributed by atoms with E-state index in [1.165, 1.54) is 18.7 Å². The van der Waals surface area contributed by atoms with E-state index in [0.29, 0.717) is 34.5 Å². The van der Waals surface area contributed by atoms with Gasteiger partial charge in [-0.05, 0) is 54.6 Å². The minimum absolute atomic E-state index is 0.0715. The van der Waals surface area contributed by atoms with Gasteiger partial charge in [-0.3, -0.25) is 14.5 Å². The zero-order valence-electron chi connectivity index (χ0n) is 20.8. The van der Waals surface area contributed by atoms with Crippen molar-refractivity contribution in [2.45, 2.75) is 25.3 Å². The van der Waals surface area contributed by atoms with E-state index in [0.717, 1.165) is 26.9 Å². The second-order valence-corrected chi connectivity index (χ2v) is 10.6. The van der Waals surface area contributed by atoms with Gasteiger partial charge in [0, 0.05) is 31.1 Å². The third-order valence-electron chi connectivity index (χ3n) is 5.88. The van der Waals surface area contributed by atoms with Crippen LogP contribution in [0.5, 0.6) is 0 Å². The molecule has 0 aromatic heterocycles. The molecule has 37 heavy (non-hydrogen) atoms. The molecule has 2 aliphatic rings. The van der Waals surface area contributed by atoms with Crippen LogP contribution in [-0.2, 0) is 16.1 Å². The number of para-hydroxylation sites is 1. The van der Waals surface area contributed by atoms with Crippen LogP contribution in [0.4, 0.5) is 22.7 Å². The maximum absolute atomic E-state index is 13.9. The molecular formula is C28H27N5O2S2. The van der Waals surface area contributed by atoms with E-state index in [-0.39, 0.29) is 11.8 Å². The van der Waals surface area contributed by atoms with Crippen LogP contribution in [0.1, 0.15) is 19.4 Å². The Labute approximate surface area is 225 Å². The number of hydrogen-bond acceptors (Lipinski definition) is 7. The Morgan fingerprint density at radius 1 is 1.00 bits per heavy atom. The van der Waals surface area contributed by atoms with Crippen molar-refractivity contribution in [2.75, 3.05) is 29.1 Å². The molecule has 188 valence electrons. The summed E-state index contributed by atoms with van der Waals surface area (Å²) in [5.74, 6) is -0.225. The Hall–Kier alpha value is -3.69.